The van der Waals surface area contributed by atoms with Crippen LogP contribution >= 0.6 is 0 Å². The Morgan fingerprint density at radius 3 is 2.59 bits per heavy atom. The van der Waals surface area contributed by atoms with E-state index >= 15 is 0 Å². The molecule has 96 valence electrons. The second-order valence-corrected chi connectivity index (χ2v) is 3.91. The zero-order valence-electron chi connectivity index (χ0n) is 10.8. The minimum atomic E-state index is 0.211. The van der Waals surface area contributed by atoms with Crippen LogP contribution in [0.3, 0.4) is 0 Å². The van der Waals surface area contributed by atoms with Gasteiger partial charge in [-0.25, -0.2) is 0 Å². The number of nitrogens with zero attached hydrogens (tertiary/aromatic N) is 3. The fraction of sp³-hybridized carbons (Fsp3) is 0.636. The van der Waals surface area contributed by atoms with Crippen LogP contribution in [0.1, 0.15) is 13.8 Å². The predicted octanol–water partition coefficient (Wildman–Crippen LogP) is 0.929. The third-order valence-electron chi connectivity index (χ3n) is 2.37. The standard InChI is InChI=1S/C11H20N4O2/c1-8(2)15(5-6-16-3)9-7-10(17-4)14-11(12)13-9/h7-8H,5-6H2,1-4H3,(H2,12,13,14). The molecule has 0 saturated heterocycles. The van der Waals surface area contributed by atoms with Gasteiger partial charge in [-0.2, -0.15) is 9.97 Å². The van der Waals surface area contributed by atoms with Crippen LogP contribution in [0.25, 0.3) is 0 Å². The van der Waals surface area contributed by atoms with Crippen molar-refractivity contribution in [1.82, 2.24) is 9.97 Å². The number of nitrogens with two attached hydrogens (primary N) is 1. The van der Waals surface area contributed by atoms with Crippen molar-refractivity contribution in [3.8, 4) is 5.88 Å². The molecule has 6 heteroatoms. The molecule has 0 atom stereocenters. The molecule has 1 aromatic heterocycles. The van der Waals surface area contributed by atoms with Gasteiger partial charge in [0.2, 0.25) is 11.8 Å². The van der Waals surface area contributed by atoms with Crippen molar-refractivity contribution >= 4 is 11.8 Å². The van der Waals surface area contributed by atoms with E-state index in [1.165, 1.54) is 0 Å². The van der Waals surface area contributed by atoms with E-state index in [1.807, 2.05) is 0 Å². The first kappa shape index (κ1) is 13.5. The fourth-order valence-corrected chi connectivity index (χ4v) is 1.51. The van der Waals surface area contributed by atoms with Crippen LogP contribution in [-0.4, -0.2) is 43.4 Å². The maximum Gasteiger partial charge on any atom is 0.225 e. The molecule has 0 amide bonds. The van der Waals surface area contributed by atoms with E-state index in [4.69, 9.17) is 15.2 Å². The summed E-state index contributed by atoms with van der Waals surface area (Å²) in [7, 11) is 3.23. The lowest BCUT2D eigenvalue weighted by Gasteiger charge is -2.27. The largest absolute Gasteiger partial charge is 0.481 e. The first-order valence-electron chi connectivity index (χ1n) is 5.52. The first-order chi connectivity index (χ1) is 8.08. The minimum absolute atomic E-state index is 0.211. The molecule has 1 aromatic rings. The van der Waals surface area contributed by atoms with Crippen molar-refractivity contribution < 1.29 is 9.47 Å². The normalized spacial score (nSPS) is 10.6. The zero-order chi connectivity index (χ0) is 12.8. The quantitative estimate of drug-likeness (QED) is 0.797. The Kier molecular flexibility index (Phi) is 4.96. The molecule has 0 spiro atoms. The van der Waals surface area contributed by atoms with Crippen LogP contribution in [-0.2, 0) is 4.74 Å². The number of methoxy groups -OCH3 is 2. The van der Waals surface area contributed by atoms with Gasteiger partial charge in [-0.1, -0.05) is 0 Å². The molecule has 0 aromatic carbocycles. The Bertz CT molecular complexity index is 357. The van der Waals surface area contributed by atoms with Gasteiger partial charge in [0.15, 0.2) is 0 Å². The van der Waals surface area contributed by atoms with E-state index in [9.17, 15) is 0 Å². The highest BCUT2D eigenvalue weighted by Gasteiger charge is 2.14. The summed E-state index contributed by atoms with van der Waals surface area (Å²) in [5, 5.41) is 0. The van der Waals surface area contributed by atoms with Gasteiger partial charge in [-0.3, -0.25) is 0 Å². The predicted molar refractivity (Wildman–Crippen MR) is 67.4 cm³/mol. The summed E-state index contributed by atoms with van der Waals surface area (Å²) in [6.45, 7) is 5.54. The number of anilines is 2. The van der Waals surface area contributed by atoms with Gasteiger partial charge >= 0.3 is 0 Å². The van der Waals surface area contributed by atoms with E-state index in [-0.39, 0.29) is 5.95 Å². The van der Waals surface area contributed by atoms with Crippen molar-refractivity contribution in [3.63, 3.8) is 0 Å². The number of hydrogen-bond donors (Lipinski definition) is 1. The molecular formula is C11H20N4O2. The van der Waals surface area contributed by atoms with Crippen LogP contribution < -0.4 is 15.4 Å². The molecule has 0 radical (unpaired) electrons. The molecule has 17 heavy (non-hydrogen) atoms. The molecule has 0 aliphatic heterocycles. The fourth-order valence-electron chi connectivity index (χ4n) is 1.51. The first-order valence-corrected chi connectivity index (χ1v) is 5.52. The summed E-state index contributed by atoms with van der Waals surface area (Å²) in [5.41, 5.74) is 5.64. The molecule has 6 nitrogen and oxygen atoms in total. The highest BCUT2D eigenvalue weighted by molar-refractivity contribution is 5.46. The average molecular weight is 240 g/mol. The van der Waals surface area contributed by atoms with E-state index in [0.29, 0.717) is 18.5 Å². The van der Waals surface area contributed by atoms with Crippen molar-refractivity contribution in [1.29, 1.82) is 0 Å². The number of rotatable bonds is 6. The van der Waals surface area contributed by atoms with Crippen molar-refractivity contribution in [2.45, 2.75) is 19.9 Å². The minimum Gasteiger partial charge on any atom is -0.481 e. The second-order valence-electron chi connectivity index (χ2n) is 3.91. The Hall–Kier alpha value is -1.56. The highest BCUT2D eigenvalue weighted by Crippen LogP contribution is 2.20. The lowest BCUT2D eigenvalue weighted by Crippen LogP contribution is -2.34. The molecule has 0 aliphatic rings. The number of nitrogen functional groups attached to an aromatic ring is 1. The van der Waals surface area contributed by atoms with Crippen molar-refractivity contribution in [2.24, 2.45) is 0 Å². The summed E-state index contributed by atoms with van der Waals surface area (Å²) < 4.78 is 10.2. The van der Waals surface area contributed by atoms with Gasteiger partial charge < -0.3 is 20.1 Å². The molecular weight excluding hydrogens is 220 g/mol. The van der Waals surface area contributed by atoms with Gasteiger partial charge in [-0.05, 0) is 13.8 Å². The van der Waals surface area contributed by atoms with Crippen LogP contribution in [0.15, 0.2) is 6.07 Å². The average Bonchev–Trinajstić information content (AvgIpc) is 2.28. The van der Waals surface area contributed by atoms with Gasteiger partial charge in [0.05, 0.1) is 13.7 Å². The Morgan fingerprint density at radius 1 is 1.35 bits per heavy atom. The summed E-state index contributed by atoms with van der Waals surface area (Å²) in [6, 6.07) is 2.07. The second kappa shape index (κ2) is 6.24. The lowest BCUT2D eigenvalue weighted by molar-refractivity contribution is 0.203. The van der Waals surface area contributed by atoms with Crippen LogP contribution in [0, 0.1) is 0 Å². The molecule has 2 N–H and O–H groups in total. The molecule has 1 heterocycles. The highest BCUT2D eigenvalue weighted by atomic mass is 16.5. The van der Waals surface area contributed by atoms with Crippen LogP contribution in [0.4, 0.5) is 11.8 Å². The molecule has 0 fully saturated rings. The third-order valence-corrected chi connectivity index (χ3v) is 2.37. The van der Waals surface area contributed by atoms with E-state index in [2.05, 4.69) is 28.7 Å². The number of hydrogen-bond acceptors (Lipinski definition) is 6. The Morgan fingerprint density at radius 2 is 2.06 bits per heavy atom. The topological polar surface area (TPSA) is 73.5 Å². The smallest absolute Gasteiger partial charge is 0.225 e. The molecule has 0 bridgehead atoms. The third kappa shape index (κ3) is 3.74. The van der Waals surface area contributed by atoms with E-state index in [1.54, 1.807) is 20.3 Å². The molecule has 0 aliphatic carbocycles. The molecule has 1 rings (SSSR count). The monoisotopic (exact) mass is 240 g/mol. The van der Waals surface area contributed by atoms with Crippen molar-refractivity contribution in [3.05, 3.63) is 6.07 Å². The Labute approximate surface area is 102 Å². The molecule has 0 saturated carbocycles. The summed E-state index contributed by atoms with van der Waals surface area (Å²) in [6.07, 6.45) is 0. The van der Waals surface area contributed by atoms with Gasteiger partial charge in [0.25, 0.3) is 0 Å². The number of aromatic nitrogens is 2. The number of ether oxygens (including phenoxy) is 2. The van der Waals surface area contributed by atoms with E-state index in [0.717, 1.165) is 12.4 Å². The van der Waals surface area contributed by atoms with Gasteiger partial charge in [-0.15, -0.1) is 0 Å². The SMILES string of the molecule is COCCN(c1cc(OC)nc(N)n1)C(C)C. The molecule has 0 unspecified atom stereocenters. The zero-order valence-corrected chi connectivity index (χ0v) is 10.8. The van der Waals surface area contributed by atoms with Crippen LogP contribution in [0.2, 0.25) is 0 Å². The van der Waals surface area contributed by atoms with Gasteiger partial charge in [0.1, 0.15) is 5.82 Å². The maximum atomic E-state index is 5.64. The van der Waals surface area contributed by atoms with E-state index < -0.39 is 0 Å². The summed E-state index contributed by atoms with van der Waals surface area (Å²) >= 11 is 0. The summed E-state index contributed by atoms with van der Waals surface area (Å²) in [5.74, 6) is 1.43. The van der Waals surface area contributed by atoms with Crippen molar-refractivity contribution in [2.75, 3.05) is 38.0 Å². The lowest BCUT2D eigenvalue weighted by atomic mass is 10.3. The summed E-state index contributed by atoms with van der Waals surface area (Å²) in [4.78, 5) is 10.3. The van der Waals surface area contributed by atoms with Gasteiger partial charge in [0, 0.05) is 25.8 Å². The maximum absolute atomic E-state index is 5.64. The van der Waals surface area contributed by atoms with Crippen LogP contribution in [0.5, 0.6) is 5.88 Å². The Balaban J connectivity index is 2.96.